The molecule has 20 heavy (non-hydrogen) atoms. The molecule has 114 valence electrons. The van der Waals surface area contributed by atoms with Crippen molar-refractivity contribution in [2.75, 3.05) is 52.4 Å². The van der Waals surface area contributed by atoms with Gasteiger partial charge in [-0.25, -0.2) is 4.79 Å². The lowest BCUT2D eigenvalue weighted by molar-refractivity contribution is 0.109. The van der Waals surface area contributed by atoms with Gasteiger partial charge in [0.25, 0.3) is 0 Å². The highest BCUT2D eigenvalue weighted by atomic mass is 16.2. The van der Waals surface area contributed by atoms with Crippen molar-refractivity contribution in [3.8, 4) is 0 Å². The smallest absolute Gasteiger partial charge is 0.317 e. The standard InChI is InChI=1S/C15H28N4O/c1-14(2)18-12-10-17(11-13-18)9-6-16-15(20)19-7-4-3-5-8-19/h3-4,14H,5-13H2,1-2H3,(H,16,20). The monoisotopic (exact) mass is 280 g/mol. The zero-order chi connectivity index (χ0) is 14.4. The number of hydrogen-bond donors (Lipinski definition) is 1. The maximum atomic E-state index is 11.9. The molecule has 1 saturated heterocycles. The highest BCUT2D eigenvalue weighted by molar-refractivity contribution is 5.74. The fourth-order valence-electron chi connectivity index (χ4n) is 2.76. The van der Waals surface area contributed by atoms with Crippen molar-refractivity contribution in [3.05, 3.63) is 12.2 Å². The summed E-state index contributed by atoms with van der Waals surface area (Å²) in [5.74, 6) is 0. The third-order valence-corrected chi connectivity index (χ3v) is 4.19. The molecule has 2 aliphatic rings. The summed E-state index contributed by atoms with van der Waals surface area (Å²) in [6.07, 6.45) is 5.18. The first-order valence-corrected chi connectivity index (χ1v) is 7.81. The van der Waals surface area contributed by atoms with Gasteiger partial charge in [-0.3, -0.25) is 9.80 Å². The molecule has 2 rings (SSSR count). The molecule has 1 N–H and O–H groups in total. The Labute approximate surface area is 122 Å². The van der Waals surface area contributed by atoms with E-state index in [1.807, 2.05) is 4.90 Å². The van der Waals surface area contributed by atoms with Crippen LogP contribution in [0.15, 0.2) is 12.2 Å². The van der Waals surface area contributed by atoms with Gasteiger partial charge in [0, 0.05) is 58.4 Å². The minimum atomic E-state index is 0.0789. The second-order valence-electron chi connectivity index (χ2n) is 5.91. The lowest BCUT2D eigenvalue weighted by Gasteiger charge is -2.37. The van der Waals surface area contributed by atoms with E-state index in [0.29, 0.717) is 6.04 Å². The molecular formula is C15H28N4O. The lowest BCUT2D eigenvalue weighted by Crippen LogP contribution is -2.51. The van der Waals surface area contributed by atoms with E-state index in [0.717, 1.165) is 58.8 Å². The van der Waals surface area contributed by atoms with Crippen LogP contribution >= 0.6 is 0 Å². The van der Waals surface area contributed by atoms with Crippen LogP contribution in [0.4, 0.5) is 4.79 Å². The van der Waals surface area contributed by atoms with Crippen molar-refractivity contribution in [1.82, 2.24) is 20.0 Å². The molecule has 2 heterocycles. The van der Waals surface area contributed by atoms with Crippen molar-refractivity contribution >= 4 is 6.03 Å². The number of nitrogens with one attached hydrogen (secondary N) is 1. The number of nitrogens with zero attached hydrogens (tertiary/aromatic N) is 3. The van der Waals surface area contributed by atoms with Crippen LogP contribution in [-0.2, 0) is 0 Å². The number of urea groups is 1. The van der Waals surface area contributed by atoms with Crippen LogP contribution < -0.4 is 5.32 Å². The number of hydrogen-bond acceptors (Lipinski definition) is 3. The van der Waals surface area contributed by atoms with Crippen LogP contribution in [-0.4, -0.2) is 79.1 Å². The summed E-state index contributed by atoms with van der Waals surface area (Å²) in [5.41, 5.74) is 0. The Morgan fingerprint density at radius 3 is 2.50 bits per heavy atom. The molecule has 0 saturated carbocycles. The van der Waals surface area contributed by atoms with Gasteiger partial charge >= 0.3 is 6.03 Å². The van der Waals surface area contributed by atoms with Gasteiger partial charge in [0.2, 0.25) is 0 Å². The maximum absolute atomic E-state index is 11.9. The van der Waals surface area contributed by atoms with Crippen LogP contribution in [0.3, 0.4) is 0 Å². The molecule has 2 aliphatic heterocycles. The number of amides is 2. The molecule has 2 amide bonds. The summed E-state index contributed by atoms with van der Waals surface area (Å²) in [6, 6.07) is 0.721. The molecule has 0 atom stereocenters. The summed E-state index contributed by atoms with van der Waals surface area (Å²) in [7, 11) is 0. The van der Waals surface area contributed by atoms with Crippen LogP contribution in [0.25, 0.3) is 0 Å². The van der Waals surface area contributed by atoms with Crippen LogP contribution in [0.5, 0.6) is 0 Å². The van der Waals surface area contributed by atoms with E-state index in [1.165, 1.54) is 0 Å². The summed E-state index contributed by atoms with van der Waals surface area (Å²) in [6.45, 7) is 12.3. The van der Waals surface area contributed by atoms with E-state index < -0.39 is 0 Å². The summed E-state index contributed by atoms with van der Waals surface area (Å²) >= 11 is 0. The molecule has 0 aromatic carbocycles. The largest absolute Gasteiger partial charge is 0.337 e. The van der Waals surface area contributed by atoms with Crippen molar-refractivity contribution < 1.29 is 4.79 Å². The zero-order valence-electron chi connectivity index (χ0n) is 12.8. The lowest BCUT2D eigenvalue weighted by atomic mass is 10.2. The molecule has 5 nitrogen and oxygen atoms in total. The summed E-state index contributed by atoms with van der Waals surface area (Å²) in [4.78, 5) is 18.8. The molecule has 0 aromatic rings. The Balaban J connectivity index is 1.59. The number of rotatable bonds is 4. The van der Waals surface area contributed by atoms with Gasteiger partial charge in [-0.1, -0.05) is 12.2 Å². The molecule has 0 radical (unpaired) electrons. The topological polar surface area (TPSA) is 38.8 Å². The molecule has 0 bridgehead atoms. The second kappa shape index (κ2) is 7.64. The Morgan fingerprint density at radius 1 is 1.15 bits per heavy atom. The summed E-state index contributed by atoms with van der Waals surface area (Å²) in [5, 5.41) is 3.03. The van der Waals surface area contributed by atoms with Crippen molar-refractivity contribution in [2.45, 2.75) is 26.3 Å². The SMILES string of the molecule is CC(C)N1CCN(CCNC(=O)N2CC=CCC2)CC1. The van der Waals surface area contributed by atoms with Gasteiger partial charge in [0.15, 0.2) is 0 Å². The molecule has 0 aliphatic carbocycles. The molecule has 0 unspecified atom stereocenters. The molecule has 0 aromatic heterocycles. The first-order valence-electron chi connectivity index (χ1n) is 7.81. The normalized spacial score (nSPS) is 21.4. The average molecular weight is 280 g/mol. The first-order chi connectivity index (χ1) is 9.66. The third-order valence-electron chi connectivity index (χ3n) is 4.19. The van der Waals surface area contributed by atoms with Crippen molar-refractivity contribution in [3.63, 3.8) is 0 Å². The molecular weight excluding hydrogens is 252 g/mol. The van der Waals surface area contributed by atoms with E-state index in [-0.39, 0.29) is 6.03 Å². The van der Waals surface area contributed by atoms with Crippen LogP contribution in [0.1, 0.15) is 20.3 Å². The predicted molar refractivity (Wildman–Crippen MR) is 81.9 cm³/mol. The highest BCUT2D eigenvalue weighted by Crippen LogP contribution is 2.05. The zero-order valence-corrected chi connectivity index (χ0v) is 12.8. The van der Waals surface area contributed by atoms with Gasteiger partial charge in [-0.05, 0) is 20.3 Å². The van der Waals surface area contributed by atoms with Gasteiger partial charge in [0.05, 0.1) is 0 Å². The quantitative estimate of drug-likeness (QED) is 0.780. The minimum absolute atomic E-state index is 0.0789. The van der Waals surface area contributed by atoms with Crippen LogP contribution in [0, 0.1) is 0 Å². The number of piperazine rings is 1. The Morgan fingerprint density at radius 2 is 1.90 bits per heavy atom. The van der Waals surface area contributed by atoms with E-state index in [9.17, 15) is 4.79 Å². The Kier molecular flexibility index (Phi) is 5.86. The van der Waals surface area contributed by atoms with Gasteiger partial charge in [-0.15, -0.1) is 0 Å². The average Bonchev–Trinajstić information content (AvgIpc) is 2.48. The van der Waals surface area contributed by atoms with E-state index in [4.69, 9.17) is 0 Å². The van der Waals surface area contributed by atoms with E-state index >= 15 is 0 Å². The van der Waals surface area contributed by atoms with E-state index in [2.05, 4.69) is 41.1 Å². The summed E-state index contributed by atoms with van der Waals surface area (Å²) < 4.78 is 0. The van der Waals surface area contributed by atoms with Crippen LogP contribution in [0.2, 0.25) is 0 Å². The van der Waals surface area contributed by atoms with Crippen molar-refractivity contribution in [1.29, 1.82) is 0 Å². The Bertz CT molecular complexity index is 335. The van der Waals surface area contributed by atoms with Gasteiger partial charge in [-0.2, -0.15) is 0 Å². The highest BCUT2D eigenvalue weighted by Gasteiger charge is 2.19. The fourth-order valence-corrected chi connectivity index (χ4v) is 2.76. The number of carbonyl (C=O) groups is 1. The number of carbonyl (C=O) groups excluding carboxylic acids is 1. The van der Waals surface area contributed by atoms with Gasteiger partial charge < -0.3 is 10.2 Å². The Hall–Kier alpha value is -1.07. The van der Waals surface area contributed by atoms with Gasteiger partial charge in [0.1, 0.15) is 0 Å². The molecule has 0 spiro atoms. The first kappa shape index (κ1) is 15.3. The minimum Gasteiger partial charge on any atom is -0.337 e. The van der Waals surface area contributed by atoms with Crippen molar-refractivity contribution in [2.24, 2.45) is 0 Å². The van der Waals surface area contributed by atoms with E-state index in [1.54, 1.807) is 0 Å². The third kappa shape index (κ3) is 4.49. The predicted octanol–water partition coefficient (Wildman–Crippen LogP) is 0.984. The molecule has 5 heteroatoms. The molecule has 1 fully saturated rings. The maximum Gasteiger partial charge on any atom is 0.317 e. The fraction of sp³-hybridized carbons (Fsp3) is 0.800. The second-order valence-corrected chi connectivity index (χ2v) is 5.91.